The van der Waals surface area contributed by atoms with Crippen molar-refractivity contribution < 1.29 is 9.50 Å². The summed E-state index contributed by atoms with van der Waals surface area (Å²) in [5.41, 5.74) is 3.43. The molecule has 0 radical (unpaired) electrons. The molecule has 2 saturated heterocycles. The number of benzene rings is 1. The van der Waals surface area contributed by atoms with Crippen molar-refractivity contribution in [3.63, 3.8) is 0 Å². The molecule has 2 N–H and O–H groups in total. The van der Waals surface area contributed by atoms with Crippen LogP contribution in [0.1, 0.15) is 31.4 Å². The Morgan fingerprint density at radius 3 is 2.53 bits per heavy atom. The molecule has 8 heteroatoms. The quantitative estimate of drug-likeness (QED) is 0.648. The second-order valence-electron chi connectivity index (χ2n) is 8.83. The van der Waals surface area contributed by atoms with Crippen molar-refractivity contribution >= 4 is 5.82 Å². The maximum Gasteiger partial charge on any atom is 0.151 e. The minimum atomic E-state index is -0.931. The van der Waals surface area contributed by atoms with E-state index in [1.165, 1.54) is 0 Å². The molecule has 0 amide bonds. The van der Waals surface area contributed by atoms with Gasteiger partial charge in [0.1, 0.15) is 11.9 Å². The normalized spacial score (nSPS) is 24.8. The number of anilines is 1. The van der Waals surface area contributed by atoms with Gasteiger partial charge in [0.2, 0.25) is 0 Å². The van der Waals surface area contributed by atoms with Crippen LogP contribution in [0.2, 0.25) is 0 Å². The summed E-state index contributed by atoms with van der Waals surface area (Å²) in [5.74, 6) is 0.725. The second-order valence-corrected chi connectivity index (χ2v) is 8.83. The van der Waals surface area contributed by atoms with Gasteiger partial charge in [-0.25, -0.2) is 4.39 Å². The molecule has 2 aliphatic rings. The summed E-state index contributed by atoms with van der Waals surface area (Å²) in [6.45, 7) is 1.88. The van der Waals surface area contributed by atoms with Gasteiger partial charge in [-0.1, -0.05) is 12.5 Å². The number of piperidine rings is 2. The first-order chi connectivity index (χ1) is 15.5. The van der Waals surface area contributed by atoms with E-state index in [9.17, 15) is 5.11 Å². The van der Waals surface area contributed by atoms with Crippen LogP contribution in [-0.4, -0.2) is 56.8 Å². The van der Waals surface area contributed by atoms with Crippen molar-refractivity contribution in [1.29, 1.82) is 0 Å². The molecule has 2 aromatic heterocycles. The van der Waals surface area contributed by atoms with Crippen molar-refractivity contribution in [2.24, 2.45) is 0 Å². The van der Waals surface area contributed by atoms with E-state index in [1.807, 2.05) is 49.2 Å². The third-order valence-corrected chi connectivity index (χ3v) is 6.67. The molecule has 4 atom stereocenters. The minimum absolute atomic E-state index is 0.0733. The van der Waals surface area contributed by atoms with E-state index >= 15 is 4.39 Å². The standard InChI is InChI=1S/C24H27FN6O/c1-14-6-9-18(28-27-14)15-7-8-17(22(32)12-15)19-10-11-23(30-29-19)31(2)21-13-16-4-3-5-20(26-16)24(21)25/h6-12,16,20-21,24,26,32H,3-5,13H2,1-2H3/t16?,20?,21-,24+/m1/s1. The highest BCUT2D eigenvalue weighted by Crippen LogP contribution is 2.34. The molecule has 2 fully saturated rings. The lowest BCUT2D eigenvalue weighted by molar-refractivity contribution is 0.107. The zero-order valence-electron chi connectivity index (χ0n) is 18.2. The molecule has 3 aromatic rings. The predicted octanol–water partition coefficient (Wildman–Crippen LogP) is 3.67. The number of alkyl halides is 1. The average Bonchev–Trinajstić information content (AvgIpc) is 2.82. The summed E-state index contributed by atoms with van der Waals surface area (Å²) in [7, 11) is 1.89. The summed E-state index contributed by atoms with van der Waals surface area (Å²) >= 11 is 0. The topological polar surface area (TPSA) is 87.1 Å². The lowest BCUT2D eigenvalue weighted by Gasteiger charge is -2.46. The molecule has 7 nitrogen and oxygen atoms in total. The minimum Gasteiger partial charge on any atom is -0.507 e. The number of fused-ring (bicyclic) bond motifs is 2. The largest absolute Gasteiger partial charge is 0.507 e. The molecule has 2 aliphatic heterocycles. The van der Waals surface area contributed by atoms with E-state index in [1.54, 1.807) is 12.1 Å². The van der Waals surface area contributed by atoms with Gasteiger partial charge >= 0.3 is 0 Å². The van der Waals surface area contributed by atoms with Crippen LogP contribution in [-0.2, 0) is 0 Å². The van der Waals surface area contributed by atoms with E-state index in [2.05, 4.69) is 25.7 Å². The third kappa shape index (κ3) is 3.90. The number of aromatic hydroxyl groups is 1. The predicted molar refractivity (Wildman–Crippen MR) is 121 cm³/mol. The Morgan fingerprint density at radius 2 is 1.81 bits per heavy atom. The van der Waals surface area contributed by atoms with Crippen LogP contribution < -0.4 is 10.2 Å². The Bertz CT molecular complexity index is 1090. The Morgan fingerprint density at radius 1 is 1.00 bits per heavy atom. The first-order valence-corrected chi connectivity index (χ1v) is 11.1. The van der Waals surface area contributed by atoms with Gasteiger partial charge in [-0.3, -0.25) is 0 Å². The van der Waals surface area contributed by atoms with Gasteiger partial charge in [0.25, 0.3) is 0 Å². The Labute approximate surface area is 186 Å². The van der Waals surface area contributed by atoms with Crippen molar-refractivity contribution in [3.05, 3.63) is 48.2 Å². The Kier molecular flexibility index (Phi) is 5.46. The number of phenolic OH excluding ortho intramolecular Hbond substituents is 1. The first-order valence-electron chi connectivity index (χ1n) is 11.1. The number of rotatable bonds is 4. The smallest absolute Gasteiger partial charge is 0.151 e. The molecule has 4 heterocycles. The zero-order valence-corrected chi connectivity index (χ0v) is 18.2. The van der Waals surface area contributed by atoms with Crippen LogP contribution in [0.4, 0.5) is 10.2 Å². The van der Waals surface area contributed by atoms with Crippen LogP contribution in [0.15, 0.2) is 42.5 Å². The molecule has 2 unspecified atom stereocenters. The average molecular weight is 435 g/mol. The van der Waals surface area contributed by atoms with Crippen molar-refractivity contribution in [1.82, 2.24) is 25.7 Å². The van der Waals surface area contributed by atoms with Crippen LogP contribution in [0.25, 0.3) is 22.5 Å². The third-order valence-electron chi connectivity index (χ3n) is 6.67. The number of hydrogen-bond acceptors (Lipinski definition) is 7. The van der Waals surface area contributed by atoms with Gasteiger partial charge in [-0.15, -0.1) is 10.2 Å². The molecule has 0 aliphatic carbocycles. The monoisotopic (exact) mass is 434 g/mol. The number of hydrogen-bond donors (Lipinski definition) is 2. The molecule has 0 saturated carbocycles. The van der Waals surface area contributed by atoms with Gasteiger partial charge in [-0.2, -0.15) is 10.2 Å². The van der Waals surface area contributed by atoms with Crippen molar-refractivity contribution in [3.8, 4) is 28.3 Å². The summed E-state index contributed by atoms with van der Waals surface area (Å²) in [6.07, 6.45) is 2.91. The molecular formula is C24H27FN6O. The molecular weight excluding hydrogens is 407 g/mol. The summed E-state index contributed by atoms with van der Waals surface area (Å²) in [6, 6.07) is 12.8. The van der Waals surface area contributed by atoms with E-state index in [0.29, 0.717) is 28.8 Å². The maximum absolute atomic E-state index is 15.1. The number of aromatic nitrogens is 4. The molecule has 2 bridgehead atoms. The van der Waals surface area contributed by atoms with Gasteiger partial charge in [0.15, 0.2) is 5.82 Å². The number of nitrogens with zero attached hydrogens (tertiary/aromatic N) is 5. The van der Waals surface area contributed by atoms with E-state index in [-0.39, 0.29) is 17.8 Å². The summed E-state index contributed by atoms with van der Waals surface area (Å²) in [4.78, 5) is 1.91. The SMILES string of the molecule is Cc1ccc(-c2ccc(-c3ccc(N(C)[C@@H]4CC5CCCC(N5)[C@@H]4F)nn3)c(O)c2)nn1. The fourth-order valence-corrected chi connectivity index (χ4v) is 4.84. The molecule has 5 rings (SSSR count). The Hall–Kier alpha value is -3.13. The molecule has 166 valence electrons. The fraction of sp³-hybridized carbons (Fsp3) is 0.417. The van der Waals surface area contributed by atoms with E-state index < -0.39 is 6.17 Å². The second kappa shape index (κ2) is 8.43. The molecule has 1 aromatic carbocycles. The number of phenols is 1. The maximum atomic E-state index is 15.1. The molecule has 0 spiro atoms. The highest BCUT2D eigenvalue weighted by molar-refractivity contribution is 5.73. The Balaban J connectivity index is 1.35. The van der Waals surface area contributed by atoms with Gasteiger partial charge in [0, 0.05) is 30.3 Å². The van der Waals surface area contributed by atoms with Crippen LogP contribution in [0.5, 0.6) is 5.75 Å². The first kappa shape index (κ1) is 20.8. The van der Waals surface area contributed by atoms with E-state index in [4.69, 9.17) is 0 Å². The van der Waals surface area contributed by atoms with Gasteiger partial charge in [0.05, 0.1) is 23.1 Å². The number of halogens is 1. The lowest BCUT2D eigenvalue weighted by Crippen LogP contribution is -2.61. The van der Waals surface area contributed by atoms with Crippen LogP contribution in [0.3, 0.4) is 0 Å². The highest BCUT2D eigenvalue weighted by Gasteiger charge is 2.41. The van der Waals surface area contributed by atoms with Gasteiger partial charge in [-0.05, 0) is 62.6 Å². The zero-order chi connectivity index (χ0) is 22.2. The van der Waals surface area contributed by atoms with Gasteiger partial charge < -0.3 is 15.3 Å². The van der Waals surface area contributed by atoms with Crippen molar-refractivity contribution in [2.45, 2.75) is 56.9 Å². The molecule has 32 heavy (non-hydrogen) atoms. The van der Waals surface area contributed by atoms with Crippen LogP contribution in [0, 0.1) is 6.92 Å². The summed E-state index contributed by atoms with van der Waals surface area (Å²) in [5, 5.41) is 30.9. The van der Waals surface area contributed by atoms with E-state index in [0.717, 1.165) is 36.9 Å². The fourth-order valence-electron chi connectivity index (χ4n) is 4.84. The number of aryl methyl sites for hydroxylation is 1. The summed E-state index contributed by atoms with van der Waals surface area (Å²) < 4.78 is 15.1. The number of nitrogens with one attached hydrogen (secondary N) is 1. The lowest BCUT2D eigenvalue weighted by atomic mass is 9.82. The van der Waals surface area contributed by atoms with Crippen LogP contribution >= 0.6 is 0 Å². The van der Waals surface area contributed by atoms with Crippen molar-refractivity contribution in [2.75, 3.05) is 11.9 Å². The highest BCUT2D eigenvalue weighted by atomic mass is 19.1.